The van der Waals surface area contributed by atoms with Gasteiger partial charge in [-0.15, -0.1) is 0 Å². The molecule has 1 heterocycles. The molecular weight excluding hydrogens is 380 g/mol. The van der Waals surface area contributed by atoms with Crippen LogP contribution in [0.15, 0.2) is 24.3 Å². The molecule has 0 amide bonds. The van der Waals surface area contributed by atoms with E-state index in [0.29, 0.717) is 11.6 Å². The number of fused-ring (bicyclic) bond motifs is 4. The highest BCUT2D eigenvalue weighted by Crippen LogP contribution is 2.64. The number of para-hydroxylation sites is 2. The number of hydrogen-bond acceptors (Lipinski definition) is 2. The van der Waals surface area contributed by atoms with Crippen LogP contribution in [0.5, 0.6) is 0 Å². The first-order valence-corrected chi connectivity index (χ1v) is 12.9. The van der Waals surface area contributed by atoms with Crippen LogP contribution >= 0.6 is 0 Å². The smallest absolute Gasteiger partial charge is 0.201 e. The molecule has 3 aliphatic carbocycles. The summed E-state index contributed by atoms with van der Waals surface area (Å²) in [7, 11) is 2.01. The van der Waals surface area contributed by atoms with Gasteiger partial charge in [-0.2, -0.15) is 0 Å². The van der Waals surface area contributed by atoms with Crippen LogP contribution in [0.2, 0.25) is 0 Å². The number of Topliss-reactive ketones (excluding diaryl/α,β-unsaturated/α-hetero) is 1. The van der Waals surface area contributed by atoms with E-state index in [2.05, 4.69) is 26.8 Å². The molecule has 1 aromatic heterocycles. The van der Waals surface area contributed by atoms with Gasteiger partial charge in [-0.3, -0.25) is 4.79 Å². The zero-order valence-corrected chi connectivity index (χ0v) is 19.9. The Morgan fingerprint density at radius 2 is 1.90 bits per heavy atom. The highest BCUT2D eigenvalue weighted by molar-refractivity contribution is 5.98. The number of aromatic nitrogens is 2. The lowest BCUT2D eigenvalue weighted by Crippen LogP contribution is -2.48. The fourth-order valence-electron chi connectivity index (χ4n) is 8.48. The third-order valence-electron chi connectivity index (χ3n) is 9.99. The zero-order chi connectivity index (χ0) is 21.8. The molecule has 1 aromatic carbocycles. The van der Waals surface area contributed by atoms with Crippen LogP contribution < -0.4 is 0 Å². The molecule has 5 rings (SSSR count). The maximum atomic E-state index is 13.8. The molecule has 0 radical (unpaired) electrons. The first-order chi connectivity index (χ1) is 15.0. The second-order valence-corrected chi connectivity index (χ2v) is 11.2. The molecule has 3 heteroatoms. The summed E-state index contributed by atoms with van der Waals surface area (Å²) in [4.78, 5) is 18.6. The molecule has 3 nitrogen and oxygen atoms in total. The predicted molar refractivity (Wildman–Crippen MR) is 127 cm³/mol. The molecule has 2 aromatic rings. The Bertz CT molecular complexity index is 961. The van der Waals surface area contributed by atoms with E-state index in [1.165, 1.54) is 51.4 Å². The second-order valence-electron chi connectivity index (χ2n) is 11.2. The lowest BCUT2D eigenvalue weighted by Gasteiger charge is -2.54. The van der Waals surface area contributed by atoms with Gasteiger partial charge < -0.3 is 4.57 Å². The van der Waals surface area contributed by atoms with Crippen molar-refractivity contribution in [2.75, 3.05) is 0 Å². The Balaban J connectivity index is 1.42. The van der Waals surface area contributed by atoms with Gasteiger partial charge >= 0.3 is 0 Å². The Labute approximate surface area is 188 Å². The second kappa shape index (κ2) is 8.05. The normalized spacial score (nSPS) is 37.5. The van der Waals surface area contributed by atoms with E-state index in [1.807, 2.05) is 29.8 Å². The molecule has 0 aliphatic heterocycles. The minimum Gasteiger partial charge on any atom is -0.325 e. The molecule has 3 saturated carbocycles. The Kier molecular flexibility index (Phi) is 5.51. The highest BCUT2D eigenvalue weighted by Gasteiger charge is 2.58. The number of imidazole rings is 1. The molecule has 0 spiro atoms. The third kappa shape index (κ3) is 3.21. The minimum absolute atomic E-state index is 0.141. The molecule has 3 aliphatic rings. The number of aryl methyl sites for hydroxylation is 1. The van der Waals surface area contributed by atoms with Crippen molar-refractivity contribution in [2.45, 2.75) is 78.6 Å². The van der Waals surface area contributed by atoms with Gasteiger partial charge in [0, 0.05) is 13.0 Å². The Morgan fingerprint density at radius 1 is 1.10 bits per heavy atom. The number of carbonyl (C=O) groups excluding carboxylic acids is 1. The first kappa shape index (κ1) is 21.2. The Hall–Kier alpha value is -1.64. The van der Waals surface area contributed by atoms with Crippen LogP contribution in [0.3, 0.4) is 0 Å². The summed E-state index contributed by atoms with van der Waals surface area (Å²) in [5, 5.41) is 0. The van der Waals surface area contributed by atoms with Gasteiger partial charge in [0.25, 0.3) is 0 Å². The van der Waals surface area contributed by atoms with Crippen molar-refractivity contribution >= 4 is 16.8 Å². The van der Waals surface area contributed by atoms with Crippen LogP contribution in [-0.2, 0) is 7.05 Å². The van der Waals surface area contributed by atoms with Crippen molar-refractivity contribution in [3.05, 3.63) is 30.1 Å². The van der Waals surface area contributed by atoms with Gasteiger partial charge in [0.1, 0.15) is 0 Å². The summed E-state index contributed by atoms with van der Waals surface area (Å²) in [5.74, 6) is 5.45. The van der Waals surface area contributed by atoms with Crippen molar-refractivity contribution in [3.8, 4) is 0 Å². The molecular formula is C28H40N2O. The van der Waals surface area contributed by atoms with Crippen LogP contribution in [0.25, 0.3) is 11.0 Å². The van der Waals surface area contributed by atoms with E-state index < -0.39 is 0 Å². The van der Waals surface area contributed by atoms with Gasteiger partial charge in [0.15, 0.2) is 5.82 Å². The van der Waals surface area contributed by atoms with Gasteiger partial charge in [0.05, 0.1) is 11.0 Å². The van der Waals surface area contributed by atoms with E-state index >= 15 is 0 Å². The SMILES string of the molecule is CCCC1C(CC)CCC2C1CCC1(C)C(C(=O)c3nc4ccccc4n3C)CCC21. The molecule has 0 bridgehead atoms. The molecule has 31 heavy (non-hydrogen) atoms. The third-order valence-corrected chi connectivity index (χ3v) is 9.99. The maximum Gasteiger partial charge on any atom is 0.201 e. The summed E-state index contributed by atoms with van der Waals surface area (Å²) in [5.41, 5.74) is 2.17. The summed E-state index contributed by atoms with van der Waals surface area (Å²) in [6.45, 7) is 7.24. The largest absolute Gasteiger partial charge is 0.325 e. The summed E-state index contributed by atoms with van der Waals surface area (Å²) in [6, 6.07) is 8.14. The summed E-state index contributed by atoms with van der Waals surface area (Å²) in [6.07, 6.45) is 11.8. The van der Waals surface area contributed by atoms with E-state index in [9.17, 15) is 4.79 Å². The number of nitrogens with zero attached hydrogens (tertiary/aromatic N) is 2. The van der Waals surface area contributed by atoms with Gasteiger partial charge in [0.2, 0.25) is 5.78 Å². The molecule has 168 valence electrons. The van der Waals surface area contributed by atoms with Gasteiger partial charge in [-0.05, 0) is 85.7 Å². The number of carbonyl (C=O) groups is 1. The quantitative estimate of drug-likeness (QED) is 0.486. The number of ketones is 1. The van der Waals surface area contributed by atoms with Crippen molar-refractivity contribution in [1.82, 2.24) is 9.55 Å². The van der Waals surface area contributed by atoms with Crippen LogP contribution in [0.1, 0.15) is 89.2 Å². The Morgan fingerprint density at radius 3 is 2.65 bits per heavy atom. The van der Waals surface area contributed by atoms with E-state index in [-0.39, 0.29) is 11.3 Å². The fraction of sp³-hybridized carbons (Fsp3) is 0.714. The average molecular weight is 421 g/mol. The first-order valence-electron chi connectivity index (χ1n) is 12.9. The zero-order valence-electron chi connectivity index (χ0n) is 19.9. The van der Waals surface area contributed by atoms with Crippen LogP contribution in [0.4, 0.5) is 0 Å². The fourth-order valence-corrected chi connectivity index (χ4v) is 8.48. The number of hydrogen-bond donors (Lipinski definition) is 0. The van der Waals surface area contributed by atoms with E-state index in [1.54, 1.807) is 0 Å². The standard InChI is InChI=1S/C28H40N2O/c1-5-9-19-18(6-2)12-13-21-20(19)16-17-28(3)22(21)14-15-23(28)26(31)27-29-24-10-7-8-11-25(24)30(27)4/h7-8,10-11,18-23H,5-6,9,12-17H2,1-4H3. The van der Waals surface area contributed by atoms with Crippen LogP contribution in [0, 0.1) is 40.9 Å². The lowest BCUT2D eigenvalue weighted by molar-refractivity contribution is -0.0507. The predicted octanol–water partition coefficient (Wildman–Crippen LogP) is 7.05. The topological polar surface area (TPSA) is 34.9 Å². The van der Waals surface area contributed by atoms with Crippen molar-refractivity contribution in [2.24, 2.45) is 48.0 Å². The number of rotatable bonds is 5. The maximum absolute atomic E-state index is 13.8. The summed E-state index contributed by atoms with van der Waals surface area (Å²) >= 11 is 0. The monoisotopic (exact) mass is 420 g/mol. The van der Waals surface area contributed by atoms with E-state index in [0.717, 1.165) is 47.0 Å². The van der Waals surface area contributed by atoms with Crippen molar-refractivity contribution in [1.29, 1.82) is 0 Å². The van der Waals surface area contributed by atoms with Crippen molar-refractivity contribution < 1.29 is 4.79 Å². The van der Waals surface area contributed by atoms with E-state index in [4.69, 9.17) is 4.98 Å². The summed E-state index contributed by atoms with van der Waals surface area (Å²) < 4.78 is 2.03. The highest BCUT2D eigenvalue weighted by atomic mass is 16.1. The minimum atomic E-state index is 0.141. The lowest BCUT2D eigenvalue weighted by atomic mass is 9.50. The van der Waals surface area contributed by atoms with Gasteiger partial charge in [-0.1, -0.05) is 52.2 Å². The molecule has 3 fully saturated rings. The molecule has 7 atom stereocenters. The van der Waals surface area contributed by atoms with Gasteiger partial charge in [-0.25, -0.2) is 4.98 Å². The van der Waals surface area contributed by atoms with Crippen LogP contribution in [-0.4, -0.2) is 15.3 Å². The molecule has 7 unspecified atom stereocenters. The van der Waals surface area contributed by atoms with Crippen molar-refractivity contribution in [3.63, 3.8) is 0 Å². The number of benzene rings is 1. The molecule has 0 saturated heterocycles. The average Bonchev–Trinajstić information content (AvgIpc) is 3.31. The molecule has 0 N–H and O–H groups in total.